The van der Waals surface area contributed by atoms with E-state index in [9.17, 15) is 30.3 Å². The maximum Gasteiger partial charge on any atom is 0.220 e. The van der Waals surface area contributed by atoms with Crippen molar-refractivity contribution in [3.05, 3.63) is 48.6 Å². The van der Waals surface area contributed by atoms with Crippen LogP contribution in [0.1, 0.15) is 200 Å². The van der Waals surface area contributed by atoms with Crippen LogP contribution in [0, 0.1) is 0 Å². The number of ether oxygens (including phenoxy) is 2. The molecule has 0 bridgehead atoms. The smallest absolute Gasteiger partial charge is 0.220 e. The van der Waals surface area contributed by atoms with E-state index in [1.54, 1.807) is 6.08 Å². The van der Waals surface area contributed by atoms with Gasteiger partial charge in [-0.1, -0.05) is 178 Å². The number of hydrogen-bond donors (Lipinski definition) is 6. The molecule has 9 heteroatoms. The lowest BCUT2D eigenvalue weighted by Crippen LogP contribution is -2.60. The van der Waals surface area contributed by atoms with Gasteiger partial charge in [0.05, 0.1) is 25.4 Å². The van der Waals surface area contributed by atoms with E-state index in [1.807, 2.05) is 6.08 Å². The summed E-state index contributed by atoms with van der Waals surface area (Å²) in [6.45, 7) is 3.70. The van der Waals surface area contributed by atoms with E-state index in [0.717, 1.165) is 64.2 Å². The number of nitrogens with one attached hydrogen (secondary N) is 1. The normalized spacial score (nSPS) is 21.3. The first-order chi connectivity index (χ1) is 28.3. The van der Waals surface area contributed by atoms with E-state index in [1.165, 1.54) is 116 Å². The Balaban J connectivity index is 2.30. The zero-order chi connectivity index (χ0) is 42.3. The van der Waals surface area contributed by atoms with Gasteiger partial charge in [-0.3, -0.25) is 4.79 Å². The van der Waals surface area contributed by atoms with Gasteiger partial charge in [0.1, 0.15) is 24.4 Å². The number of aliphatic hydroxyl groups is 5. The Kier molecular flexibility index (Phi) is 36.7. The highest BCUT2D eigenvalue weighted by atomic mass is 16.7. The van der Waals surface area contributed by atoms with Crippen molar-refractivity contribution < 1.29 is 39.8 Å². The van der Waals surface area contributed by atoms with Gasteiger partial charge in [0.25, 0.3) is 0 Å². The molecule has 0 saturated carbocycles. The number of carbonyl (C=O) groups excluding carboxylic acids is 1. The largest absolute Gasteiger partial charge is 0.394 e. The van der Waals surface area contributed by atoms with Crippen LogP contribution in [0.15, 0.2) is 48.6 Å². The average Bonchev–Trinajstić information content (AvgIpc) is 3.22. The predicted molar refractivity (Wildman–Crippen MR) is 239 cm³/mol. The molecule has 1 saturated heterocycles. The Morgan fingerprint density at radius 3 is 1.50 bits per heavy atom. The quantitative estimate of drug-likeness (QED) is 0.0265. The zero-order valence-corrected chi connectivity index (χ0v) is 37.0. The number of unbranched alkanes of at least 4 members (excludes halogenated alkanes) is 23. The standard InChI is InChI=1S/C49H89NO8/c1-3-5-7-9-11-13-15-17-18-19-20-21-22-23-24-25-26-27-29-31-33-35-37-39-45(53)50-42(41-57-49-48(56)47(55)46(54)44(40-51)58-49)43(52)38-36-34-32-30-28-16-14-12-10-8-6-4-2/h10,12,23-24,28,30,36,38,42-44,46-49,51-52,54-56H,3-9,11,13-22,25-27,29,31-35,37,39-41H2,1-2H3,(H,50,53)/b12-10+,24-23-,30-28+,38-36+. The molecule has 1 rings (SSSR count). The minimum Gasteiger partial charge on any atom is -0.394 e. The summed E-state index contributed by atoms with van der Waals surface area (Å²) in [5.74, 6) is -0.197. The van der Waals surface area contributed by atoms with Gasteiger partial charge in [-0.25, -0.2) is 0 Å². The summed E-state index contributed by atoms with van der Waals surface area (Å²) in [5.41, 5.74) is 0. The molecule has 0 aromatic rings. The van der Waals surface area contributed by atoms with Gasteiger partial charge < -0.3 is 40.3 Å². The lowest BCUT2D eigenvalue weighted by molar-refractivity contribution is -0.302. The van der Waals surface area contributed by atoms with Gasteiger partial charge in [0, 0.05) is 6.42 Å². The third kappa shape index (κ3) is 29.4. The average molecular weight is 820 g/mol. The van der Waals surface area contributed by atoms with Crippen molar-refractivity contribution >= 4 is 5.91 Å². The maximum atomic E-state index is 12.9. The lowest BCUT2D eigenvalue weighted by Gasteiger charge is -2.40. The van der Waals surface area contributed by atoms with Crippen LogP contribution < -0.4 is 5.32 Å². The van der Waals surface area contributed by atoms with E-state index < -0.39 is 49.5 Å². The fourth-order valence-corrected chi connectivity index (χ4v) is 7.23. The molecule has 1 heterocycles. The van der Waals surface area contributed by atoms with Gasteiger partial charge in [-0.05, 0) is 64.2 Å². The van der Waals surface area contributed by atoms with E-state index in [2.05, 4.69) is 55.6 Å². The van der Waals surface area contributed by atoms with Crippen LogP contribution in [0.25, 0.3) is 0 Å². The van der Waals surface area contributed by atoms with E-state index in [-0.39, 0.29) is 12.5 Å². The summed E-state index contributed by atoms with van der Waals surface area (Å²) in [6, 6.07) is -0.829. The Morgan fingerprint density at radius 1 is 0.569 bits per heavy atom. The number of hydrogen-bond acceptors (Lipinski definition) is 8. The number of amides is 1. The number of allylic oxidation sites excluding steroid dienone is 7. The third-order valence-electron chi connectivity index (χ3n) is 11.1. The Hall–Kier alpha value is -1.85. The van der Waals surface area contributed by atoms with Gasteiger partial charge in [-0.2, -0.15) is 0 Å². The highest BCUT2D eigenvalue weighted by Crippen LogP contribution is 2.22. The van der Waals surface area contributed by atoms with E-state index in [0.29, 0.717) is 6.42 Å². The molecule has 1 aliphatic heterocycles. The molecule has 0 aromatic heterocycles. The molecule has 0 radical (unpaired) electrons. The van der Waals surface area contributed by atoms with Crippen LogP contribution in [0.5, 0.6) is 0 Å². The molecule has 7 atom stereocenters. The van der Waals surface area contributed by atoms with Crippen LogP contribution in [-0.4, -0.2) is 87.5 Å². The van der Waals surface area contributed by atoms with Crippen molar-refractivity contribution in [2.45, 2.75) is 243 Å². The van der Waals surface area contributed by atoms with Gasteiger partial charge in [-0.15, -0.1) is 0 Å². The Bertz CT molecular complexity index is 1050. The van der Waals surface area contributed by atoms with Crippen molar-refractivity contribution in [3.63, 3.8) is 0 Å². The third-order valence-corrected chi connectivity index (χ3v) is 11.1. The highest BCUT2D eigenvalue weighted by molar-refractivity contribution is 5.76. The summed E-state index contributed by atoms with van der Waals surface area (Å²) < 4.78 is 11.2. The van der Waals surface area contributed by atoms with Crippen molar-refractivity contribution in [2.24, 2.45) is 0 Å². The second-order valence-electron chi connectivity index (χ2n) is 16.5. The summed E-state index contributed by atoms with van der Waals surface area (Å²) in [7, 11) is 0. The zero-order valence-electron chi connectivity index (χ0n) is 37.0. The lowest BCUT2D eigenvalue weighted by atomic mass is 9.99. The Labute approximate surface area is 354 Å². The fraction of sp³-hybridized carbons (Fsp3) is 0.816. The molecule has 0 spiro atoms. The van der Waals surface area contributed by atoms with Gasteiger partial charge in [0.2, 0.25) is 5.91 Å². The number of aliphatic hydroxyl groups excluding tert-OH is 5. The van der Waals surface area contributed by atoms with Crippen molar-refractivity contribution in [1.29, 1.82) is 0 Å². The first kappa shape index (κ1) is 54.2. The SMILES string of the molecule is CCCC/C=C/CC/C=C/CC/C=C/C(O)C(COC1OC(CO)C(O)C(O)C1O)NC(=O)CCCCCCCCC/C=C\CCCCCCCCCCCCCC. The molecule has 1 amide bonds. The Morgan fingerprint density at radius 2 is 1.00 bits per heavy atom. The minimum atomic E-state index is -1.57. The van der Waals surface area contributed by atoms with Gasteiger partial charge in [0.15, 0.2) is 6.29 Å². The van der Waals surface area contributed by atoms with Crippen molar-refractivity contribution in [2.75, 3.05) is 13.2 Å². The number of carbonyl (C=O) groups is 1. The van der Waals surface area contributed by atoms with Crippen molar-refractivity contribution in [1.82, 2.24) is 5.32 Å². The molecule has 7 unspecified atom stereocenters. The van der Waals surface area contributed by atoms with Crippen LogP contribution in [0.3, 0.4) is 0 Å². The molecule has 6 N–H and O–H groups in total. The summed E-state index contributed by atoms with van der Waals surface area (Å²) in [6.07, 6.45) is 43.1. The molecule has 338 valence electrons. The summed E-state index contributed by atoms with van der Waals surface area (Å²) in [5, 5.41) is 54.1. The van der Waals surface area contributed by atoms with Crippen LogP contribution in [-0.2, 0) is 14.3 Å². The van der Waals surface area contributed by atoms with Crippen LogP contribution in [0.4, 0.5) is 0 Å². The molecule has 9 nitrogen and oxygen atoms in total. The molecular weight excluding hydrogens is 731 g/mol. The van der Waals surface area contributed by atoms with E-state index >= 15 is 0 Å². The molecule has 58 heavy (non-hydrogen) atoms. The topological polar surface area (TPSA) is 149 Å². The van der Waals surface area contributed by atoms with Crippen LogP contribution in [0.2, 0.25) is 0 Å². The first-order valence-electron chi connectivity index (χ1n) is 23.9. The predicted octanol–water partition coefficient (Wildman–Crippen LogP) is 10.2. The molecule has 0 aliphatic carbocycles. The van der Waals surface area contributed by atoms with Gasteiger partial charge >= 0.3 is 0 Å². The summed E-state index contributed by atoms with van der Waals surface area (Å²) in [4.78, 5) is 12.9. The number of rotatable bonds is 39. The van der Waals surface area contributed by atoms with Crippen molar-refractivity contribution in [3.8, 4) is 0 Å². The molecule has 1 fully saturated rings. The second kappa shape index (κ2) is 39.3. The summed E-state index contributed by atoms with van der Waals surface area (Å²) >= 11 is 0. The first-order valence-corrected chi connectivity index (χ1v) is 23.9. The minimum absolute atomic E-state index is 0.197. The highest BCUT2D eigenvalue weighted by Gasteiger charge is 2.44. The van der Waals surface area contributed by atoms with E-state index in [4.69, 9.17) is 9.47 Å². The second-order valence-corrected chi connectivity index (χ2v) is 16.5. The fourth-order valence-electron chi connectivity index (χ4n) is 7.23. The van der Waals surface area contributed by atoms with Crippen LogP contribution >= 0.6 is 0 Å². The molecule has 0 aromatic carbocycles. The molecular formula is C49H89NO8. The maximum absolute atomic E-state index is 12.9. The monoisotopic (exact) mass is 820 g/mol. The molecule has 1 aliphatic rings.